The molecule has 4 nitrogen and oxygen atoms in total. The molecule has 5 heteroatoms. The monoisotopic (exact) mass is 241 g/mol. The Kier molecular flexibility index (Phi) is 4.45. The maximum Gasteiger partial charge on any atom is 0.344 e. The zero-order chi connectivity index (χ0) is 13.0. The number of nitrogens with two attached hydrogens (primary N) is 1. The Bertz CT molecular complexity index is 407. The summed E-state index contributed by atoms with van der Waals surface area (Å²) in [7, 11) is 0. The van der Waals surface area contributed by atoms with E-state index in [0.717, 1.165) is 6.07 Å². The Morgan fingerprint density at radius 2 is 2.24 bits per heavy atom. The first kappa shape index (κ1) is 13.4. The molecule has 1 aromatic rings. The van der Waals surface area contributed by atoms with E-state index in [2.05, 4.69) is 0 Å². The summed E-state index contributed by atoms with van der Waals surface area (Å²) in [5.41, 5.74) is 5.94. The van der Waals surface area contributed by atoms with Gasteiger partial charge in [-0.15, -0.1) is 0 Å². The smallest absolute Gasteiger partial charge is 0.344 e. The van der Waals surface area contributed by atoms with Gasteiger partial charge in [0.15, 0.2) is 6.10 Å². The van der Waals surface area contributed by atoms with Crippen LogP contribution in [0.1, 0.15) is 31.9 Å². The van der Waals surface area contributed by atoms with E-state index in [0.29, 0.717) is 12.0 Å². The molecule has 1 rings (SSSR count). The molecule has 1 aromatic carbocycles. The van der Waals surface area contributed by atoms with Crippen molar-refractivity contribution in [3.63, 3.8) is 0 Å². The van der Waals surface area contributed by atoms with Crippen LogP contribution in [0.4, 0.5) is 4.39 Å². The minimum atomic E-state index is -1.07. The molecular formula is C12H16FNO3. The molecule has 0 aliphatic carbocycles. The van der Waals surface area contributed by atoms with Crippen molar-refractivity contribution in [2.24, 2.45) is 5.73 Å². The predicted molar refractivity (Wildman–Crippen MR) is 61.3 cm³/mol. The van der Waals surface area contributed by atoms with Crippen molar-refractivity contribution in [2.45, 2.75) is 32.4 Å². The van der Waals surface area contributed by atoms with Gasteiger partial charge in [-0.3, -0.25) is 0 Å². The SMILES string of the molecule is CCC(Oc1ccc(C(C)N)c(F)c1)C(=O)O. The van der Waals surface area contributed by atoms with E-state index >= 15 is 0 Å². The second kappa shape index (κ2) is 5.63. The topological polar surface area (TPSA) is 72.5 Å². The molecule has 0 fully saturated rings. The highest BCUT2D eigenvalue weighted by atomic mass is 19.1. The number of rotatable bonds is 5. The summed E-state index contributed by atoms with van der Waals surface area (Å²) in [5.74, 6) is -1.36. The van der Waals surface area contributed by atoms with Gasteiger partial charge in [0.2, 0.25) is 0 Å². The fourth-order valence-electron chi connectivity index (χ4n) is 1.42. The van der Waals surface area contributed by atoms with Gasteiger partial charge in [-0.2, -0.15) is 0 Å². The number of carboxylic acid groups (broad SMARTS) is 1. The van der Waals surface area contributed by atoms with E-state index in [4.69, 9.17) is 15.6 Å². The highest BCUT2D eigenvalue weighted by molar-refractivity contribution is 5.72. The van der Waals surface area contributed by atoms with Crippen LogP contribution in [0.15, 0.2) is 18.2 Å². The lowest BCUT2D eigenvalue weighted by Gasteiger charge is -2.14. The summed E-state index contributed by atoms with van der Waals surface area (Å²) < 4.78 is 18.7. The first-order chi connectivity index (χ1) is 7.95. The molecule has 0 heterocycles. The van der Waals surface area contributed by atoms with Crippen molar-refractivity contribution in [3.05, 3.63) is 29.6 Å². The average molecular weight is 241 g/mol. The normalized spacial score (nSPS) is 14.1. The fourth-order valence-corrected chi connectivity index (χ4v) is 1.42. The summed E-state index contributed by atoms with van der Waals surface area (Å²) >= 11 is 0. The second-order valence-electron chi connectivity index (χ2n) is 3.82. The van der Waals surface area contributed by atoms with Gasteiger partial charge in [0, 0.05) is 17.7 Å². The van der Waals surface area contributed by atoms with Crippen molar-refractivity contribution in [3.8, 4) is 5.75 Å². The van der Waals surface area contributed by atoms with E-state index in [1.54, 1.807) is 13.8 Å². The molecule has 0 aliphatic heterocycles. The van der Waals surface area contributed by atoms with Crippen molar-refractivity contribution < 1.29 is 19.0 Å². The van der Waals surface area contributed by atoms with Crippen LogP contribution in [0.3, 0.4) is 0 Å². The Morgan fingerprint density at radius 1 is 1.59 bits per heavy atom. The quantitative estimate of drug-likeness (QED) is 0.827. The molecular weight excluding hydrogens is 225 g/mol. The van der Waals surface area contributed by atoms with Gasteiger partial charge in [0.25, 0.3) is 0 Å². The summed E-state index contributed by atoms with van der Waals surface area (Å²) in [6.07, 6.45) is -0.651. The van der Waals surface area contributed by atoms with Gasteiger partial charge < -0.3 is 15.6 Å². The van der Waals surface area contributed by atoms with Crippen LogP contribution in [0.25, 0.3) is 0 Å². The van der Waals surface area contributed by atoms with Crippen LogP contribution in [-0.2, 0) is 4.79 Å². The largest absolute Gasteiger partial charge is 0.479 e. The number of ether oxygens (including phenoxy) is 1. The Hall–Kier alpha value is -1.62. The Labute approximate surface area is 99.2 Å². The van der Waals surface area contributed by atoms with Crippen molar-refractivity contribution in [2.75, 3.05) is 0 Å². The zero-order valence-electron chi connectivity index (χ0n) is 9.81. The second-order valence-corrected chi connectivity index (χ2v) is 3.82. The molecule has 17 heavy (non-hydrogen) atoms. The van der Waals surface area contributed by atoms with Gasteiger partial charge in [-0.1, -0.05) is 13.0 Å². The molecule has 2 atom stereocenters. The summed E-state index contributed by atoms with van der Waals surface area (Å²) in [6, 6.07) is 3.77. The summed E-state index contributed by atoms with van der Waals surface area (Å²) in [6.45, 7) is 3.36. The van der Waals surface area contributed by atoms with Crippen molar-refractivity contribution in [1.82, 2.24) is 0 Å². The number of carbonyl (C=O) groups is 1. The maximum absolute atomic E-state index is 13.5. The minimum Gasteiger partial charge on any atom is -0.479 e. The number of aliphatic carboxylic acids is 1. The first-order valence-electron chi connectivity index (χ1n) is 5.40. The van der Waals surface area contributed by atoms with Crippen molar-refractivity contribution in [1.29, 1.82) is 0 Å². The van der Waals surface area contributed by atoms with Gasteiger partial charge in [-0.05, 0) is 19.4 Å². The molecule has 94 valence electrons. The predicted octanol–water partition coefficient (Wildman–Crippen LogP) is 2.09. The maximum atomic E-state index is 13.5. The third kappa shape index (κ3) is 3.42. The molecule has 0 aliphatic rings. The lowest BCUT2D eigenvalue weighted by atomic mass is 10.1. The van der Waals surface area contributed by atoms with Crippen molar-refractivity contribution >= 4 is 5.97 Å². The van der Waals surface area contributed by atoms with Crippen LogP contribution >= 0.6 is 0 Å². The highest BCUT2D eigenvalue weighted by Gasteiger charge is 2.17. The van der Waals surface area contributed by atoms with E-state index in [1.165, 1.54) is 12.1 Å². The molecule has 3 N–H and O–H groups in total. The highest BCUT2D eigenvalue weighted by Crippen LogP contribution is 2.21. The third-order valence-corrected chi connectivity index (χ3v) is 2.39. The summed E-state index contributed by atoms with van der Waals surface area (Å²) in [5, 5.41) is 8.81. The number of carboxylic acids is 1. The molecule has 0 amide bonds. The van der Waals surface area contributed by atoms with E-state index in [1.807, 2.05) is 0 Å². The molecule has 0 aromatic heterocycles. The number of hydrogen-bond acceptors (Lipinski definition) is 3. The lowest BCUT2D eigenvalue weighted by Crippen LogP contribution is -2.26. The lowest BCUT2D eigenvalue weighted by molar-refractivity contribution is -0.145. The Morgan fingerprint density at radius 3 is 2.65 bits per heavy atom. The van der Waals surface area contributed by atoms with Gasteiger partial charge in [-0.25, -0.2) is 9.18 Å². The van der Waals surface area contributed by atoms with Crippen LogP contribution in [0.2, 0.25) is 0 Å². The first-order valence-corrected chi connectivity index (χ1v) is 5.40. The van der Waals surface area contributed by atoms with Gasteiger partial charge in [0.1, 0.15) is 11.6 Å². The summed E-state index contributed by atoms with van der Waals surface area (Å²) in [4.78, 5) is 10.8. The number of hydrogen-bond donors (Lipinski definition) is 2. The molecule has 0 radical (unpaired) electrons. The van der Waals surface area contributed by atoms with Gasteiger partial charge in [0.05, 0.1) is 0 Å². The number of halogens is 1. The van der Waals surface area contributed by atoms with Crippen LogP contribution < -0.4 is 10.5 Å². The molecule has 2 unspecified atom stereocenters. The van der Waals surface area contributed by atoms with E-state index in [9.17, 15) is 9.18 Å². The van der Waals surface area contributed by atoms with E-state index in [-0.39, 0.29) is 5.75 Å². The Balaban J connectivity index is 2.87. The standard InChI is InChI=1S/C12H16FNO3/c1-3-11(12(15)16)17-8-4-5-9(7(2)14)10(13)6-8/h4-7,11H,3,14H2,1-2H3,(H,15,16). The van der Waals surface area contributed by atoms with Crippen LogP contribution in [0, 0.1) is 5.82 Å². The molecule has 0 spiro atoms. The molecule has 0 bridgehead atoms. The zero-order valence-corrected chi connectivity index (χ0v) is 9.81. The average Bonchev–Trinajstić information content (AvgIpc) is 2.24. The third-order valence-electron chi connectivity index (χ3n) is 2.39. The molecule has 0 saturated heterocycles. The minimum absolute atomic E-state index is 0.196. The fraction of sp³-hybridized carbons (Fsp3) is 0.417. The molecule has 0 saturated carbocycles. The van der Waals surface area contributed by atoms with Gasteiger partial charge >= 0.3 is 5.97 Å². The van der Waals surface area contributed by atoms with E-state index < -0.39 is 23.9 Å². The van der Waals surface area contributed by atoms with Crippen LogP contribution in [0.5, 0.6) is 5.75 Å². The number of benzene rings is 1. The van der Waals surface area contributed by atoms with Crippen LogP contribution in [-0.4, -0.2) is 17.2 Å².